The molecule has 0 amide bonds. The van der Waals surface area contributed by atoms with Gasteiger partial charge in [-0.3, -0.25) is 0 Å². The number of benzene rings is 1. The zero-order valence-corrected chi connectivity index (χ0v) is 13.9. The summed E-state index contributed by atoms with van der Waals surface area (Å²) in [5.74, 6) is 0. The maximum absolute atomic E-state index is 12.4. The molecule has 0 saturated carbocycles. The zero-order chi connectivity index (χ0) is 14.8. The summed E-state index contributed by atoms with van der Waals surface area (Å²) in [5, 5.41) is 0. The Morgan fingerprint density at radius 1 is 1.40 bits per heavy atom. The van der Waals surface area contributed by atoms with Crippen LogP contribution in [0.25, 0.3) is 0 Å². The maximum Gasteiger partial charge on any atom is 0.242 e. The average Bonchev–Trinajstić information content (AvgIpc) is 2.84. The fourth-order valence-corrected chi connectivity index (χ4v) is 4.36. The van der Waals surface area contributed by atoms with Crippen LogP contribution in [0.1, 0.15) is 19.8 Å². The fourth-order valence-electron chi connectivity index (χ4n) is 2.46. The van der Waals surface area contributed by atoms with Gasteiger partial charge in [-0.2, -0.15) is 0 Å². The van der Waals surface area contributed by atoms with Gasteiger partial charge in [0.25, 0.3) is 0 Å². The molecule has 0 radical (unpaired) electrons. The van der Waals surface area contributed by atoms with Crippen molar-refractivity contribution < 1.29 is 8.42 Å². The molecule has 20 heavy (non-hydrogen) atoms. The van der Waals surface area contributed by atoms with Crippen LogP contribution in [0, 0.1) is 0 Å². The van der Waals surface area contributed by atoms with E-state index in [1.807, 2.05) is 6.92 Å². The molecule has 1 aliphatic rings. The van der Waals surface area contributed by atoms with Gasteiger partial charge in [-0.15, -0.1) is 0 Å². The van der Waals surface area contributed by atoms with Gasteiger partial charge in [-0.25, -0.2) is 13.1 Å². The fraction of sp³-hybridized carbons (Fsp3) is 0.538. The van der Waals surface area contributed by atoms with E-state index in [0.717, 1.165) is 19.6 Å². The highest BCUT2D eigenvalue weighted by Crippen LogP contribution is 2.23. The van der Waals surface area contributed by atoms with Crippen LogP contribution in [0.5, 0.6) is 0 Å². The van der Waals surface area contributed by atoms with E-state index in [1.165, 1.54) is 18.9 Å². The summed E-state index contributed by atoms with van der Waals surface area (Å²) < 4.78 is 28.1. The second-order valence-corrected chi connectivity index (χ2v) is 7.81. The predicted molar refractivity (Wildman–Crippen MR) is 84.0 cm³/mol. The molecule has 7 heteroatoms. The summed E-state index contributed by atoms with van der Waals surface area (Å²) in [4.78, 5) is 2.40. The smallest absolute Gasteiger partial charge is 0.242 e. The lowest BCUT2D eigenvalue weighted by atomic mass is 10.3. The number of hydrogen-bond donors (Lipinski definition) is 2. The summed E-state index contributed by atoms with van der Waals surface area (Å²) in [6.45, 7) is 4.70. The molecule has 5 nitrogen and oxygen atoms in total. The number of nitrogens with zero attached hydrogens (tertiary/aromatic N) is 1. The van der Waals surface area contributed by atoms with Gasteiger partial charge in [0.05, 0.1) is 5.69 Å². The second kappa shape index (κ2) is 6.43. The van der Waals surface area contributed by atoms with Gasteiger partial charge in [0, 0.05) is 17.1 Å². The third-order valence-electron chi connectivity index (χ3n) is 3.35. The quantitative estimate of drug-likeness (QED) is 0.784. The molecule has 1 unspecified atom stereocenters. The van der Waals surface area contributed by atoms with Crippen molar-refractivity contribution in [2.45, 2.75) is 30.7 Å². The lowest BCUT2D eigenvalue weighted by molar-refractivity contribution is 0.313. The van der Waals surface area contributed by atoms with Gasteiger partial charge in [0.2, 0.25) is 10.0 Å². The third kappa shape index (κ3) is 3.94. The van der Waals surface area contributed by atoms with Crippen LogP contribution in [-0.4, -0.2) is 39.0 Å². The first-order valence-electron chi connectivity index (χ1n) is 6.68. The van der Waals surface area contributed by atoms with Crippen LogP contribution in [0.4, 0.5) is 5.69 Å². The molecule has 1 fully saturated rings. The van der Waals surface area contributed by atoms with Gasteiger partial charge in [-0.1, -0.05) is 15.9 Å². The van der Waals surface area contributed by atoms with Crippen molar-refractivity contribution in [1.82, 2.24) is 9.62 Å². The SMILES string of the molecule is CC(CN1CCCC1)NS(=O)(=O)c1cc(Br)ccc1N. The van der Waals surface area contributed by atoms with Gasteiger partial charge < -0.3 is 10.6 Å². The highest BCUT2D eigenvalue weighted by Gasteiger charge is 2.22. The van der Waals surface area contributed by atoms with Crippen molar-refractivity contribution >= 4 is 31.6 Å². The number of hydrogen-bond acceptors (Lipinski definition) is 4. The Balaban J connectivity index is 2.08. The van der Waals surface area contributed by atoms with Crippen LogP contribution >= 0.6 is 15.9 Å². The average molecular weight is 362 g/mol. The van der Waals surface area contributed by atoms with Gasteiger partial charge in [-0.05, 0) is 51.1 Å². The van der Waals surface area contributed by atoms with Crippen molar-refractivity contribution in [2.75, 3.05) is 25.4 Å². The third-order valence-corrected chi connectivity index (χ3v) is 5.49. The van der Waals surface area contributed by atoms with Gasteiger partial charge in [0.1, 0.15) is 4.90 Å². The molecule has 1 aliphatic heterocycles. The van der Waals surface area contributed by atoms with Crippen LogP contribution in [0.15, 0.2) is 27.6 Å². The minimum Gasteiger partial charge on any atom is -0.398 e. The summed E-state index contributed by atoms with van der Waals surface area (Å²) in [7, 11) is -3.59. The van der Waals surface area contributed by atoms with Gasteiger partial charge >= 0.3 is 0 Å². The lowest BCUT2D eigenvalue weighted by Gasteiger charge is -2.21. The molecule has 112 valence electrons. The molecule has 0 spiro atoms. The summed E-state index contributed by atoms with van der Waals surface area (Å²) in [5.41, 5.74) is 6.02. The first-order chi connectivity index (χ1) is 9.38. The Morgan fingerprint density at radius 3 is 2.70 bits per heavy atom. The van der Waals surface area contributed by atoms with E-state index in [0.29, 0.717) is 4.47 Å². The Bertz CT molecular complexity index is 571. The number of nitrogens with two attached hydrogens (primary N) is 1. The summed E-state index contributed by atoms with van der Waals surface area (Å²) in [6, 6.07) is 4.70. The highest BCUT2D eigenvalue weighted by atomic mass is 79.9. The highest BCUT2D eigenvalue weighted by molar-refractivity contribution is 9.10. The molecule has 0 aromatic heterocycles. The first kappa shape index (κ1) is 15.8. The number of halogens is 1. The van der Waals surface area contributed by atoms with Gasteiger partial charge in [0.15, 0.2) is 0 Å². The van der Waals surface area contributed by atoms with E-state index in [9.17, 15) is 8.42 Å². The molecule has 0 aliphatic carbocycles. The molecular weight excluding hydrogens is 342 g/mol. The number of sulfonamides is 1. The van der Waals surface area contributed by atoms with Crippen LogP contribution in [0.3, 0.4) is 0 Å². The molecular formula is C13H20BrN3O2S. The lowest BCUT2D eigenvalue weighted by Crippen LogP contribution is -2.41. The van der Waals surface area contributed by atoms with E-state index in [4.69, 9.17) is 5.73 Å². The number of rotatable bonds is 5. The van der Waals surface area contributed by atoms with Crippen LogP contribution in [0.2, 0.25) is 0 Å². The molecule has 1 atom stereocenters. The molecule has 0 bridgehead atoms. The Morgan fingerprint density at radius 2 is 2.05 bits per heavy atom. The molecule has 2 rings (SSSR count). The van der Waals surface area contributed by atoms with E-state index < -0.39 is 10.0 Å². The van der Waals surface area contributed by atoms with Crippen LogP contribution in [-0.2, 0) is 10.0 Å². The molecule has 1 heterocycles. The monoisotopic (exact) mass is 361 g/mol. The Hall–Kier alpha value is -0.630. The second-order valence-electron chi connectivity index (χ2n) is 5.21. The van der Waals surface area contributed by atoms with Crippen LogP contribution < -0.4 is 10.5 Å². The van der Waals surface area contributed by atoms with Crippen molar-refractivity contribution in [3.8, 4) is 0 Å². The van der Waals surface area contributed by atoms with E-state index in [-0.39, 0.29) is 16.6 Å². The Labute approximate surface area is 128 Å². The summed E-state index contributed by atoms with van der Waals surface area (Å²) in [6.07, 6.45) is 2.39. The normalized spacial score (nSPS) is 18.3. The first-order valence-corrected chi connectivity index (χ1v) is 8.96. The van der Waals surface area contributed by atoms with Crippen molar-refractivity contribution in [3.05, 3.63) is 22.7 Å². The predicted octanol–water partition coefficient (Wildman–Crippen LogP) is 1.79. The van der Waals surface area contributed by atoms with E-state index in [1.54, 1.807) is 12.1 Å². The zero-order valence-electron chi connectivity index (χ0n) is 11.5. The largest absolute Gasteiger partial charge is 0.398 e. The molecule has 1 aromatic carbocycles. The standard InChI is InChI=1S/C13H20BrN3O2S/c1-10(9-17-6-2-3-7-17)16-20(18,19)13-8-11(14)4-5-12(13)15/h4-5,8,10,16H,2-3,6-7,9,15H2,1H3. The minimum absolute atomic E-state index is 0.125. The number of nitrogen functional groups attached to an aromatic ring is 1. The van der Waals surface area contributed by atoms with Crippen molar-refractivity contribution in [2.24, 2.45) is 0 Å². The van der Waals surface area contributed by atoms with Crippen molar-refractivity contribution in [1.29, 1.82) is 0 Å². The molecule has 1 saturated heterocycles. The number of anilines is 1. The minimum atomic E-state index is -3.59. The number of likely N-dealkylation sites (tertiary alicyclic amines) is 1. The topological polar surface area (TPSA) is 75.4 Å². The summed E-state index contributed by atoms with van der Waals surface area (Å²) >= 11 is 3.27. The molecule has 1 aromatic rings. The maximum atomic E-state index is 12.4. The number of nitrogens with one attached hydrogen (secondary N) is 1. The van der Waals surface area contributed by atoms with Crippen molar-refractivity contribution in [3.63, 3.8) is 0 Å². The van der Waals surface area contributed by atoms with E-state index in [2.05, 4.69) is 25.6 Å². The molecule has 3 N–H and O–H groups in total. The Kier molecular flexibility index (Phi) is 5.06. The van der Waals surface area contributed by atoms with E-state index >= 15 is 0 Å².